The molecule has 0 fully saturated rings. The zero-order chi connectivity index (χ0) is 17.5. The lowest BCUT2D eigenvalue weighted by Gasteiger charge is -2.12. The number of nitrogens with one attached hydrogen (secondary N) is 1. The normalized spacial score (nSPS) is 12.0. The van der Waals surface area contributed by atoms with Gasteiger partial charge in [-0.05, 0) is 48.9 Å². The number of amides is 1. The van der Waals surface area contributed by atoms with E-state index >= 15 is 0 Å². The maximum Gasteiger partial charge on any atom is 0.331 e. The summed E-state index contributed by atoms with van der Waals surface area (Å²) >= 11 is 9.19. The summed E-state index contributed by atoms with van der Waals surface area (Å²) in [6, 6.07) is 14.2. The molecular weight excluding hydrogens is 394 g/mol. The van der Waals surface area contributed by atoms with Crippen molar-refractivity contribution in [2.24, 2.45) is 0 Å². The number of hydrogen-bond donors (Lipinski definition) is 1. The molecule has 0 unspecified atom stereocenters. The molecule has 0 bridgehead atoms. The van der Waals surface area contributed by atoms with Crippen LogP contribution in [0.4, 0.5) is 5.69 Å². The van der Waals surface area contributed by atoms with Gasteiger partial charge in [-0.25, -0.2) is 4.79 Å². The van der Waals surface area contributed by atoms with Crippen LogP contribution in [0.2, 0.25) is 5.02 Å². The van der Waals surface area contributed by atoms with Gasteiger partial charge in [-0.3, -0.25) is 4.79 Å². The largest absolute Gasteiger partial charge is 0.449 e. The summed E-state index contributed by atoms with van der Waals surface area (Å²) in [5, 5.41) is 3.15. The van der Waals surface area contributed by atoms with Crippen molar-refractivity contribution in [3.8, 4) is 0 Å². The highest BCUT2D eigenvalue weighted by atomic mass is 79.9. The van der Waals surface area contributed by atoms with Crippen molar-refractivity contribution < 1.29 is 14.3 Å². The summed E-state index contributed by atoms with van der Waals surface area (Å²) in [6.45, 7) is 1.51. The summed E-state index contributed by atoms with van der Waals surface area (Å²) < 4.78 is 6.03. The lowest BCUT2D eigenvalue weighted by Crippen LogP contribution is -2.29. The van der Waals surface area contributed by atoms with Gasteiger partial charge >= 0.3 is 5.97 Å². The minimum Gasteiger partial charge on any atom is -0.449 e. The van der Waals surface area contributed by atoms with Crippen LogP contribution in [0.3, 0.4) is 0 Å². The SMILES string of the molecule is C[C@H](OC(=O)/C=C/c1ccc(Br)cc1)C(=O)Nc1cccc(Cl)c1. The fourth-order valence-corrected chi connectivity index (χ4v) is 2.27. The quantitative estimate of drug-likeness (QED) is 0.577. The number of hydrogen-bond acceptors (Lipinski definition) is 3. The Balaban J connectivity index is 1.88. The van der Waals surface area contributed by atoms with Crippen molar-refractivity contribution in [1.82, 2.24) is 0 Å². The minimum absolute atomic E-state index is 0.428. The van der Waals surface area contributed by atoms with Crippen LogP contribution in [0.5, 0.6) is 0 Å². The fourth-order valence-electron chi connectivity index (χ4n) is 1.82. The van der Waals surface area contributed by atoms with Crippen LogP contribution in [0, 0.1) is 0 Å². The number of rotatable bonds is 5. The molecule has 1 atom stereocenters. The third kappa shape index (κ3) is 5.83. The Morgan fingerprint density at radius 1 is 1.21 bits per heavy atom. The lowest BCUT2D eigenvalue weighted by atomic mass is 10.2. The van der Waals surface area contributed by atoms with Crippen molar-refractivity contribution in [3.05, 3.63) is 69.7 Å². The number of carbonyl (C=O) groups excluding carboxylic acids is 2. The molecule has 0 saturated heterocycles. The first-order valence-corrected chi connectivity index (χ1v) is 8.32. The lowest BCUT2D eigenvalue weighted by molar-refractivity contribution is -0.148. The van der Waals surface area contributed by atoms with E-state index in [1.54, 1.807) is 30.3 Å². The molecule has 0 aromatic heterocycles. The summed E-state index contributed by atoms with van der Waals surface area (Å²) in [5.74, 6) is -1.02. The smallest absolute Gasteiger partial charge is 0.331 e. The molecule has 4 nitrogen and oxygen atoms in total. The van der Waals surface area contributed by atoms with E-state index in [1.165, 1.54) is 13.0 Å². The molecule has 0 aliphatic heterocycles. The van der Waals surface area contributed by atoms with E-state index in [9.17, 15) is 9.59 Å². The first-order valence-electron chi connectivity index (χ1n) is 7.15. The van der Waals surface area contributed by atoms with Gasteiger partial charge in [0.15, 0.2) is 6.10 Å². The number of ether oxygens (including phenoxy) is 1. The van der Waals surface area contributed by atoms with E-state index in [0.717, 1.165) is 10.0 Å². The highest BCUT2D eigenvalue weighted by Crippen LogP contribution is 2.15. The van der Waals surface area contributed by atoms with Gasteiger partial charge in [-0.1, -0.05) is 45.7 Å². The van der Waals surface area contributed by atoms with Crippen molar-refractivity contribution >= 4 is 51.2 Å². The summed E-state index contributed by atoms with van der Waals surface area (Å²) in [4.78, 5) is 23.8. The summed E-state index contributed by atoms with van der Waals surface area (Å²) in [6.07, 6.45) is 1.98. The predicted molar refractivity (Wildman–Crippen MR) is 98.8 cm³/mol. The number of halogens is 2. The Morgan fingerprint density at radius 3 is 2.58 bits per heavy atom. The number of esters is 1. The van der Waals surface area contributed by atoms with Gasteiger partial charge < -0.3 is 10.1 Å². The van der Waals surface area contributed by atoms with Crippen LogP contribution in [0.15, 0.2) is 59.1 Å². The van der Waals surface area contributed by atoms with Gasteiger partial charge in [0, 0.05) is 21.3 Å². The van der Waals surface area contributed by atoms with Crippen LogP contribution in [-0.2, 0) is 14.3 Å². The molecule has 0 aliphatic rings. The highest BCUT2D eigenvalue weighted by molar-refractivity contribution is 9.10. The predicted octanol–water partition coefficient (Wildman–Crippen LogP) is 4.69. The Labute approximate surface area is 153 Å². The van der Waals surface area contributed by atoms with Gasteiger partial charge in [-0.2, -0.15) is 0 Å². The number of carbonyl (C=O) groups is 2. The van der Waals surface area contributed by atoms with Gasteiger partial charge in [0.25, 0.3) is 5.91 Å². The van der Waals surface area contributed by atoms with Crippen LogP contribution in [-0.4, -0.2) is 18.0 Å². The van der Waals surface area contributed by atoms with Crippen LogP contribution in [0.1, 0.15) is 12.5 Å². The second-order valence-corrected chi connectivity index (χ2v) is 6.32. The van der Waals surface area contributed by atoms with E-state index in [-0.39, 0.29) is 0 Å². The second-order valence-electron chi connectivity index (χ2n) is 4.96. The van der Waals surface area contributed by atoms with Gasteiger partial charge in [0.1, 0.15) is 0 Å². The number of benzene rings is 2. The maximum atomic E-state index is 12.0. The third-order valence-electron chi connectivity index (χ3n) is 3.04. The van der Waals surface area contributed by atoms with E-state index in [0.29, 0.717) is 10.7 Å². The molecule has 0 heterocycles. The molecule has 0 spiro atoms. The van der Waals surface area contributed by atoms with E-state index in [1.807, 2.05) is 24.3 Å². The van der Waals surface area contributed by atoms with E-state index in [2.05, 4.69) is 21.2 Å². The molecule has 24 heavy (non-hydrogen) atoms. The Hall–Kier alpha value is -2.11. The first-order chi connectivity index (χ1) is 11.4. The molecular formula is C18H15BrClNO3. The third-order valence-corrected chi connectivity index (χ3v) is 3.80. The fraction of sp³-hybridized carbons (Fsp3) is 0.111. The standard InChI is InChI=1S/C18H15BrClNO3/c1-12(18(23)21-16-4-2-3-15(20)11-16)24-17(22)10-7-13-5-8-14(19)9-6-13/h2-12H,1H3,(H,21,23)/b10-7+/t12-/m0/s1. The second kappa shape index (κ2) is 8.66. The average molecular weight is 409 g/mol. The van der Waals surface area contributed by atoms with Crippen molar-refractivity contribution in [2.75, 3.05) is 5.32 Å². The summed E-state index contributed by atoms with van der Waals surface area (Å²) in [5.41, 5.74) is 1.40. The maximum absolute atomic E-state index is 12.0. The molecule has 2 aromatic carbocycles. The molecule has 2 aromatic rings. The van der Waals surface area contributed by atoms with Crippen LogP contribution in [0.25, 0.3) is 6.08 Å². The van der Waals surface area contributed by atoms with Crippen molar-refractivity contribution in [2.45, 2.75) is 13.0 Å². The Bertz CT molecular complexity index is 759. The van der Waals surface area contributed by atoms with Crippen molar-refractivity contribution in [1.29, 1.82) is 0 Å². The van der Waals surface area contributed by atoms with E-state index in [4.69, 9.17) is 16.3 Å². The first kappa shape index (κ1) is 18.2. The van der Waals surface area contributed by atoms with Crippen LogP contribution < -0.4 is 5.32 Å². The molecule has 6 heteroatoms. The van der Waals surface area contributed by atoms with Gasteiger partial charge in [0.2, 0.25) is 0 Å². The molecule has 124 valence electrons. The topological polar surface area (TPSA) is 55.4 Å². The number of anilines is 1. The monoisotopic (exact) mass is 407 g/mol. The van der Waals surface area contributed by atoms with Crippen LogP contribution >= 0.6 is 27.5 Å². The Kier molecular flexibility index (Phi) is 6.58. The van der Waals surface area contributed by atoms with Gasteiger partial charge in [0.05, 0.1) is 0 Å². The minimum atomic E-state index is -0.925. The average Bonchev–Trinajstić information content (AvgIpc) is 2.54. The van der Waals surface area contributed by atoms with E-state index < -0.39 is 18.0 Å². The zero-order valence-corrected chi connectivity index (χ0v) is 15.2. The van der Waals surface area contributed by atoms with Gasteiger partial charge in [-0.15, -0.1) is 0 Å². The zero-order valence-electron chi connectivity index (χ0n) is 12.8. The molecule has 2 rings (SSSR count). The highest BCUT2D eigenvalue weighted by Gasteiger charge is 2.16. The molecule has 1 N–H and O–H groups in total. The molecule has 1 amide bonds. The van der Waals surface area contributed by atoms with Crippen molar-refractivity contribution in [3.63, 3.8) is 0 Å². The Morgan fingerprint density at radius 2 is 1.92 bits per heavy atom. The molecule has 0 aliphatic carbocycles. The molecule has 0 radical (unpaired) electrons. The molecule has 0 saturated carbocycles. The summed E-state index contributed by atoms with van der Waals surface area (Å²) in [7, 11) is 0.